The fourth-order valence-electron chi connectivity index (χ4n) is 1.63. The third-order valence-corrected chi connectivity index (χ3v) is 2.30. The van der Waals surface area contributed by atoms with Gasteiger partial charge in [0.2, 0.25) is 0 Å². The van der Waals surface area contributed by atoms with Crippen molar-refractivity contribution in [2.75, 3.05) is 6.54 Å². The van der Waals surface area contributed by atoms with Gasteiger partial charge in [0, 0.05) is 6.54 Å². The first-order valence-electron chi connectivity index (χ1n) is 5.45. The molecule has 4 nitrogen and oxygen atoms in total. The normalized spacial score (nSPS) is 13.1. The Bertz CT molecular complexity index is 256. The van der Waals surface area contributed by atoms with Crippen LogP contribution < -0.4 is 5.32 Å². The van der Waals surface area contributed by atoms with Crippen molar-refractivity contribution >= 4 is 0 Å². The largest absolute Gasteiger partial charge is 0.309 e. The number of aryl methyl sites for hydroxylation is 1. The van der Waals surface area contributed by atoms with Gasteiger partial charge in [-0.05, 0) is 19.4 Å². The SMILES string of the molecule is CCCn1nncc1C(CC)NCC. The molecule has 0 amide bonds. The molecule has 1 unspecified atom stereocenters. The first-order chi connectivity index (χ1) is 6.83. The molecular weight excluding hydrogens is 176 g/mol. The van der Waals surface area contributed by atoms with Gasteiger partial charge in [0.25, 0.3) is 0 Å². The fraction of sp³-hybridized carbons (Fsp3) is 0.800. The molecule has 1 rings (SSSR count). The van der Waals surface area contributed by atoms with E-state index in [4.69, 9.17) is 0 Å². The average molecular weight is 196 g/mol. The van der Waals surface area contributed by atoms with E-state index in [-0.39, 0.29) is 0 Å². The molecule has 1 aromatic rings. The van der Waals surface area contributed by atoms with E-state index in [0.29, 0.717) is 6.04 Å². The highest BCUT2D eigenvalue weighted by atomic mass is 15.4. The van der Waals surface area contributed by atoms with E-state index in [1.807, 2.05) is 10.9 Å². The Morgan fingerprint density at radius 2 is 2.21 bits per heavy atom. The molecule has 4 heteroatoms. The van der Waals surface area contributed by atoms with Crippen LogP contribution in [0.5, 0.6) is 0 Å². The summed E-state index contributed by atoms with van der Waals surface area (Å²) in [6, 6.07) is 0.390. The lowest BCUT2D eigenvalue weighted by Gasteiger charge is -2.16. The van der Waals surface area contributed by atoms with Crippen LogP contribution in [0.15, 0.2) is 6.20 Å². The maximum atomic E-state index is 4.08. The zero-order chi connectivity index (χ0) is 10.4. The molecule has 1 heterocycles. The lowest BCUT2D eigenvalue weighted by molar-refractivity contribution is 0.467. The van der Waals surface area contributed by atoms with E-state index in [9.17, 15) is 0 Å². The monoisotopic (exact) mass is 196 g/mol. The highest BCUT2D eigenvalue weighted by molar-refractivity contribution is 5.01. The lowest BCUT2D eigenvalue weighted by atomic mass is 10.1. The molecule has 0 saturated carbocycles. The molecule has 0 fully saturated rings. The second kappa shape index (κ2) is 5.75. The third kappa shape index (κ3) is 2.54. The van der Waals surface area contributed by atoms with Crippen molar-refractivity contribution in [1.29, 1.82) is 0 Å². The smallest absolute Gasteiger partial charge is 0.0756 e. The predicted molar refractivity (Wildman–Crippen MR) is 57.0 cm³/mol. The zero-order valence-electron chi connectivity index (χ0n) is 9.32. The number of nitrogens with zero attached hydrogens (tertiary/aromatic N) is 3. The maximum Gasteiger partial charge on any atom is 0.0756 e. The Morgan fingerprint density at radius 3 is 2.79 bits per heavy atom. The summed E-state index contributed by atoms with van der Waals surface area (Å²) in [5.41, 5.74) is 1.20. The van der Waals surface area contributed by atoms with E-state index in [1.54, 1.807) is 0 Å². The fourth-order valence-corrected chi connectivity index (χ4v) is 1.63. The Morgan fingerprint density at radius 1 is 1.43 bits per heavy atom. The zero-order valence-corrected chi connectivity index (χ0v) is 9.32. The van der Waals surface area contributed by atoms with E-state index >= 15 is 0 Å². The minimum Gasteiger partial charge on any atom is -0.309 e. The Kier molecular flexibility index (Phi) is 4.59. The van der Waals surface area contributed by atoms with Crippen LogP contribution in [-0.4, -0.2) is 21.5 Å². The molecule has 1 atom stereocenters. The van der Waals surface area contributed by atoms with Gasteiger partial charge in [0.05, 0.1) is 17.9 Å². The Balaban J connectivity index is 2.74. The number of nitrogens with one attached hydrogen (secondary N) is 1. The van der Waals surface area contributed by atoms with Gasteiger partial charge in [0.1, 0.15) is 0 Å². The quantitative estimate of drug-likeness (QED) is 0.753. The summed E-state index contributed by atoms with van der Waals surface area (Å²) in [6.07, 6.45) is 4.04. The minimum atomic E-state index is 0.390. The number of hydrogen-bond donors (Lipinski definition) is 1. The van der Waals surface area contributed by atoms with E-state index in [0.717, 1.165) is 25.9 Å². The van der Waals surface area contributed by atoms with Crippen molar-refractivity contribution < 1.29 is 0 Å². The van der Waals surface area contributed by atoms with Crippen molar-refractivity contribution in [3.63, 3.8) is 0 Å². The van der Waals surface area contributed by atoms with Gasteiger partial charge in [0.15, 0.2) is 0 Å². The van der Waals surface area contributed by atoms with Gasteiger partial charge in [-0.3, -0.25) is 0 Å². The van der Waals surface area contributed by atoms with Crippen LogP contribution in [0.1, 0.15) is 45.3 Å². The molecule has 1 N–H and O–H groups in total. The van der Waals surface area contributed by atoms with Crippen LogP contribution in [-0.2, 0) is 6.54 Å². The Hall–Kier alpha value is -0.900. The van der Waals surface area contributed by atoms with Crippen LogP contribution in [0.2, 0.25) is 0 Å². The maximum absolute atomic E-state index is 4.08. The summed E-state index contributed by atoms with van der Waals surface area (Å²) in [4.78, 5) is 0. The number of rotatable bonds is 6. The highest BCUT2D eigenvalue weighted by Crippen LogP contribution is 2.14. The molecule has 0 aliphatic carbocycles. The van der Waals surface area contributed by atoms with Crippen molar-refractivity contribution in [3.05, 3.63) is 11.9 Å². The van der Waals surface area contributed by atoms with Crippen LogP contribution in [0.4, 0.5) is 0 Å². The number of aromatic nitrogens is 3. The molecule has 0 aliphatic heterocycles. The van der Waals surface area contributed by atoms with Crippen molar-refractivity contribution in [2.24, 2.45) is 0 Å². The first-order valence-corrected chi connectivity index (χ1v) is 5.45. The van der Waals surface area contributed by atoms with Crippen molar-refractivity contribution in [3.8, 4) is 0 Å². The molecule has 80 valence electrons. The average Bonchev–Trinajstić information content (AvgIpc) is 2.63. The van der Waals surface area contributed by atoms with Gasteiger partial charge >= 0.3 is 0 Å². The molecule has 0 aromatic carbocycles. The van der Waals surface area contributed by atoms with Crippen molar-refractivity contribution in [2.45, 2.75) is 46.2 Å². The molecule has 0 bridgehead atoms. The van der Waals surface area contributed by atoms with Gasteiger partial charge in [-0.1, -0.05) is 26.0 Å². The molecule has 0 radical (unpaired) electrons. The van der Waals surface area contributed by atoms with Gasteiger partial charge in [-0.2, -0.15) is 0 Å². The summed E-state index contributed by atoms with van der Waals surface area (Å²) >= 11 is 0. The van der Waals surface area contributed by atoms with Gasteiger partial charge in [-0.15, -0.1) is 5.10 Å². The van der Waals surface area contributed by atoms with Gasteiger partial charge < -0.3 is 5.32 Å². The van der Waals surface area contributed by atoms with E-state index in [1.165, 1.54) is 5.69 Å². The van der Waals surface area contributed by atoms with Crippen LogP contribution >= 0.6 is 0 Å². The Labute approximate surface area is 85.7 Å². The first kappa shape index (κ1) is 11.2. The highest BCUT2D eigenvalue weighted by Gasteiger charge is 2.13. The summed E-state index contributed by atoms with van der Waals surface area (Å²) in [5, 5.41) is 11.5. The topological polar surface area (TPSA) is 42.7 Å². The number of hydrogen-bond acceptors (Lipinski definition) is 3. The predicted octanol–water partition coefficient (Wildman–Crippen LogP) is 1.75. The van der Waals surface area contributed by atoms with E-state index in [2.05, 4.69) is 36.4 Å². The summed E-state index contributed by atoms with van der Waals surface area (Å²) in [5.74, 6) is 0. The molecular formula is C10H20N4. The van der Waals surface area contributed by atoms with Crippen LogP contribution in [0.25, 0.3) is 0 Å². The second-order valence-electron chi connectivity index (χ2n) is 3.40. The minimum absolute atomic E-state index is 0.390. The van der Waals surface area contributed by atoms with Crippen molar-refractivity contribution in [1.82, 2.24) is 20.3 Å². The molecule has 0 aliphatic rings. The standard InChI is InChI=1S/C10H20N4/c1-4-7-14-10(8-12-13-14)9(5-2)11-6-3/h8-9,11H,4-7H2,1-3H3. The molecule has 1 aromatic heterocycles. The van der Waals surface area contributed by atoms with Crippen LogP contribution in [0.3, 0.4) is 0 Å². The van der Waals surface area contributed by atoms with Crippen LogP contribution in [0, 0.1) is 0 Å². The second-order valence-corrected chi connectivity index (χ2v) is 3.40. The molecule has 0 saturated heterocycles. The molecule has 0 spiro atoms. The molecule has 14 heavy (non-hydrogen) atoms. The summed E-state index contributed by atoms with van der Waals surface area (Å²) in [7, 11) is 0. The summed E-state index contributed by atoms with van der Waals surface area (Å²) in [6.45, 7) is 8.39. The third-order valence-electron chi connectivity index (χ3n) is 2.30. The summed E-state index contributed by atoms with van der Waals surface area (Å²) < 4.78 is 2.00. The van der Waals surface area contributed by atoms with Gasteiger partial charge in [-0.25, -0.2) is 4.68 Å². The lowest BCUT2D eigenvalue weighted by Crippen LogP contribution is -2.23. The van der Waals surface area contributed by atoms with E-state index < -0.39 is 0 Å².